The Kier molecular flexibility index (Phi) is 10.0. The number of carbonyl (C=O) groups excluding carboxylic acids is 4. The van der Waals surface area contributed by atoms with Crippen molar-refractivity contribution in [2.24, 2.45) is 5.16 Å². The van der Waals surface area contributed by atoms with E-state index in [1.807, 2.05) is 60.7 Å². The highest BCUT2D eigenvalue weighted by molar-refractivity contribution is 8.00. The lowest BCUT2D eigenvalue weighted by molar-refractivity contribution is -0.154. The van der Waals surface area contributed by atoms with Crippen LogP contribution in [0.5, 0.6) is 0 Å². The number of hydrogen-bond donors (Lipinski definition) is 2. The fourth-order valence-electron chi connectivity index (χ4n) is 5.10. The number of oxime groups is 1. The number of thioether (sulfide) groups is 1. The Morgan fingerprint density at radius 2 is 1.81 bits per heavy atom. The number of aromatic nitrogens is 2. The van der Waals surface area contributed by atoms with E-state index >= 15 is 0 Å². The third-order valence-corrected chi connectivity index (χ3v) is 9.48. The van der Waals surface area contributed by atoms with Gasteiger partial charge in [0, 0.05) is 29.1 Å². The summed E-state index contributed by atoms with van der Waals surface area (Å²) in [6.07, 6.45) is 4.50. The first-order valence-electron chi connectivity index (χ1n) is 14.7. The number of anilines is 1. The van der Waals surface area contributed by atoms with Gasteiger partial charge in [0.1, 0.15) is 29.4 Å². The van der Waals surface area contributed by atoms with E-state index in [4.69, 9.17) is 9.57 Å². The van der Waals surface area contributed by atoms with E-state index in [-0.39, 0.29) is 28.8 Å². The smallest absolute Gasteiger partial charge is 0.356 e. The van der Waals surface area contributed by atoms with Crippen LogP contribution in [0.2, 0.25) is 0 Å². The topological polar surface area (TPSA) is 152 Å². The van der Waals surface area contributed by atoms with Gasteiger partial charge < -0.3 is 20.2 Å². The van der Waals surface area contributed by atoms with Crippen molar-refractivity contribution in [2.45, 2.75) is 24.1 Å². The van der Waals surface area contributed by atoms with Crippen LogP contribution in [0, 0.1) is 0 Å². The molecule has 0 radical (unpaired) electrons. The van der Waals surface area contributed by atoms with Gasteiger partial charge in [-0.2, -0.15) is 0 Å². The minimum Gasteiger partial charge on any atom is -0.448 e. The van der Waals surface area contributed by atoms with Crippen molar-refractivity contribution in [3.8, 4) is 0 Å². The zero-order valence-corrected chi connectivity index (χ0v) is 26.9. The predicted octanol–water partition coefficient (Wildman–Crippen LogP) is 4.20. The number of rotatable bonds is 13. The molecule has 3 amide bonds. The average molecular weight is 681 g/mol. The fraction of sp³-hybridized carbons (Fsp3) is 0.147. The van der Waals surface area contributed by atoms with E-state index in [1.165, 1.54) is 28.1 Å². The summed E-state index contributed by atoms with van der Waals surface area (Å²) in [7, 11) is 0. The Bertz CT molecular complexity index is 1840. The predicted molar refractivity (Wildman–Crippen MR) is 180 cm³/mol. The normalized spacial score (nSPS) is 17.2. The number of fused-ring (bicyclic) bond motifs is 1. The molecular weight excluding hydrogens is 653 g/mol. The highest BCUT2D eigenvalue weighted by Crippen LogP contribution is 2.42. The summed E-state index contributed by atoms with van der Waals surface area (Å²) in [6.45, 7) is 3.88. The monoisotopic (exact) mass is 680 g/mol. The maximum absolute atomic E-state index is 13.9. The van der Waals surface area contributed by atoms with Gasteiger partial charge in [-0.3, -0.25) is 24.3 Å². The lowest BCUT2D eigenvalue weighted by Crippen LogP contribution is -2.71. The van der Waals surface area contributed by atoms with Crippen molar-refractivity contribution in [3.63, 3.8) is 0 Å². The maximum Gasteiger partial charge on any atom is 0.356 e. The molecule has 4 aromatic rings. The molecule has 2 aromatic carbocycles. The second-order valence-corrected chi connectivity index (χ2v) is 12.4. The van der Waals surface area contributed by atoms with Crippen LogP contribution in [-0.2, 0) is 35.4 Å². The summed E-state index contributed by atoms with van der Waals surface area (Å²) in [5.74, 6) is -1.55. The van der Waals surface area contributed by atoms with E-state index in [0.717, 1.165) is 28.0 Å². The van der Waals surface area contributed by atoms with Crippen molar-refractivity contribution in [1.29, 1.82) is 0 Å². The van der Waals surface area contributed by atoms with E-state index in [9.17, 15) is 19.2 Å². The number of esters is 1. The first-order chi connectivity index (χ1) is 23.5. The molecule has 0 bridgehead atoms. The number of pyridine rings is 1. The molecule has 2 atom stereocenters. The Labute approximate surface area is 283 Å². The molecule has 0 aliphatic carbocycles. The van der Waals surface area contributed by atoms with Crippen LogP contribution in [0.3, 0.4) is 0 Å². The summed E-state index contributed by atoms with van der Waals surface area (Å²) < 4.78 is 6.10. The van der Waals surface area contributed by atoms with Crippen molar-refractivity contribution >= 4 is 58.1 Å². The average Bonchev–Trinajstić information content (AvgIpc) is 3.59. The molecule has 0 spiro atoms. The van der Waals surface area contributed by atoms with Gasteiger partial charge in [-0.05, 0) is 22.8 Å². The zero-order chi connectivity index (χ0) is 33.5. The van der Waals surface area contributed by atoms with Gasteiger partial charge >= 0.3 is 5.97 Å². The highest BCUT2D eigenvalue weighted by Gasteiger charge is 2.54. The molecule has 48 heavy (non-hydrogen) atoms. The molecule has 2 aliphatic rings. The Morgan fingerprint density at radius 1 is 1.08 bits per heavy atom. The SMILES string of the molecule is C=CC1=C(C(=O)OC(c2ccccc2)c2ccccc2)N2C(=O)C(NC(=O)C(=NOCc3cccnc3)c3csc(NC=O)n3)[C@@H]2SC1. The molecule has 1 fully saturated rings. The zero-order valence-electron chi connectivity index (χ0n) is 25.2. The number of hydrogen-bond acceptors (Lipinski definition) is 11. The maximum atomic E-state index is 13.9. The number of allylic oxidation sites excluding steroid dienone is 1. The summed E-state index contributed by atoms with van der Waals surface area (Å²) in [5, 5.41) is 10.4. The molecule has 14 heteroatoms. The summed E-state index contributed by atoms with van der Waals surface area (Å²) in [4.78, 5) is 67.2. The van der Waals surface area contributed by atoms with Gasteiger partial charge in [-0.15, -0.1) is 23.1 Å². The Morgan fingerprint density at radius 3 is 2.46 bits per heavy atom. The molecule has 4 heterocycles. The molecule has 0 saturated carbocycles. The molecule has 6 rings (SSSR count). The van der Waals surface area contributed by atoms with Crippen molar-refractivity contribution in [3.05, 3.63) is 137 Å². The standard InChI is InChI=1S/C34H28N6O6S2/c1-2-22-18-47-32-27(38-30(42)26(25-19-48-34(37-25)36-20-41)39-45-17-21-10-9-15-35-16-21)31(43)40(32)28(22)33(44)46-29(23-11-5-3-6-12-23)24-13-7-4-8-14-24/h2-16,19-20,27,29,32H,1,17-18H2,(H,38,42)(H,36,37,41)/t27?,32-/m0/s1. The number of thiazole rings is 1. The van der Waals surface area contributed by atoms with E-state index in [0.29, 0.717) is 17.7 Å². The van der Waals surface area contributed by atoms with Crippen LogP contribution < -0.4 is 10.6 Å². The van der Waals surface area contributed by atoms with E-state index in [2.05, 4.69) is 32.3 Å². The summed E-state index contributed by atoms with van der Waals surface area (Å²) >= 11 is 2.47. The Balaban J connectivity index is 1.21. The molecule has 2 aromatic heterocycles. The number of β-lactam (4-membered cyclic amide) rings is 1. The molecule has 1 unspecified atom stereocenters. The van der Waals surface area contributed by atoms with Crippen molar-refractivity contribution in [1.82, 2.24) is 20.2 Å². The second kappa shape index (κ2) is 14.9. The van der Waals surface area contributed by atoms with Crippen LogP contribution in [-0.4, -0.2) is 61.9 Å². The molecular formula is C34H28N6O6S2. The lowest BCUT2D eigenvalue weighted by atomic mass is 10.0. The van der Waals surface area contributed by atoms with E-state index < -0.39 is 35.3 Å². The first kappa shape index (κ1) is 32.3. The number of benzene rings is 2. The summed E-state index contributed by atoms with van der Waals surface area (Å²) in [5.41, 5.74) is 2.82. The molecule has 2 aliphatic heterocycles. The van der Waals surface area contributed by atoms with E-state index in [1.54, 1.807) is 24.5 Å². The van der Waals surface area contributed by atoms with Crippen LogP contribution in [0.4, 0.5) is 5.13 Å². The van der Waals surface area contributed by atoms with Gasteiger partial charge in [0.2, 0.25) is 6.41 Å². The van der Waals surface area contributed by atoms with Gasteiger partial charge in [0.25, 0.3) is 11.8 Å². The number of amides is 3. The molecule has 2 N–H and O–H groups in total. The second-order valence-electron chi connectivity index (χ2n) is 10.4. The third-order valence-electron chi connectivity index (χ3n) is 7.41. The van der Waals surface area contributed by atoms with Crippen LogP contribution in [0.1, 0.15) is 28.5 Å². The highest BCUT2D eigenvalue weighted by atomic mass is 32.2. The van der Waals surface area contributed by atoms with Gasteiger partial charge in [-0.1, -0.05) is 84.5 Å². The largest absolute Gasteiger partial charge is 0.448 e. The third kappa shape index (κ3) is 6.89. The summed E-state index contributed by atoms with van der Waals surface area (Å²) in [6, 6.07) is 21.2. The van der Waals surface area contributed by atoms with Gasteiger partial charge in [0.15, 0.2) is 16.9 Å². The lowest BCUT2D eigenvalue weighted by Gasteiger charge is -2.49. The Hall–Kier alpha value is -5.60. The molecule has 242 valence electrons. The minimum atomic E-state index is -0.981. The number of nitrogens with one attached hydrogen (secondary N) is 2. The van der Waals surface area contributed by atoms with Gasteiger partial charge in [-0.25, -0.2) is 9.78 Å². The van der Waals surface area contributed by atoms with Crippen LogP contribution in [0.15, 0.2) is 120 Å². The fourth-order valence-corrected chi connectivity index (χ4v) is 7.10. The van der Waals surface area contributed by atoms with Crippen molar-refractivity contribution < 1.29 is 28.8 Å². The van der Waals surface area contributed by atoms with Crippen molar-refractivity contribution in [2.75, 3.05) is 11.1 Å². The van der Waals surface area contributed by atoms with Gasteiger partial charge in [0.05, 0.1) is 0 Å². The number of carbonyl (C=O) groups is 4. The van der Waals surface area contributed by atoms with Crippen LogP contribution in [0.25, 0.3) is 0 Å². The van der Waals surface area contributed by atoms with Crippen LogP contribution >= 0.6 is 23.1 Å². The molecule has 12 nitrogen and oxygen atoms in total. The minimum absolute atomic E-state index is 0.0242. The number of ether oxygens (including phenoxy) is 1. The quantitative estimate of drug-likeness (QED) is 0.0696. The number of nitrogens with zero attached hydrogens (tertiary/aromatic N) is 4. The molecule has 1 saturated heterocycles. The first-order valence-corrected chi connectivity index (χ1v) is 16.6.